The molecule has 0 aliphatic rings. The summed E-state index contributed by atoms with van der Waals surface area (Å²) in [5.41, 5.74) is -3.57. The van der Waals surface area contributed by atoms with Gasteiger partial charge < -0.3 is 9.47 Å². The number of methoxy groups -OCH3 is 1. The second kappa shape index (κ2) is 5.02. The summed E-state index contributed by atoms with van der Waals surface area (Å²) in [7, 11) is 0.665. The summed E-state index contributed by atoms with van der Waals surface area (Å²) in [5, 5.41) is 10.5. The largest absolute Gasteiger partial charge is 0.574 e. The summed E-state index contributed by atoms with van der Waals surface area (Å²) < 4.78 is 81.1. The van der Waals surface area contributed by atoms with Gasteiger partial charge >= 0.3 is 12.5 Å². The predicted molar refractivity (Wildman–Crippen MR) is 49.1 cm³/mol. The number of halogens is 6. The van der Waals surface area contributed by atoms with Crippen molar-refractivity contribution in [2.75, 3.05) is 7.11 Å². The van der Waals surface area contributed by atoms with E-state index < -0.39 is 40.5 Å². The number of nitro groups is 1. The second-order valence-electron chi connectivity index (χ2n) is 3.17. The Morgan fingerprint density at radius 2 is 1.80 bits per heavy atom. The van der Waals surface area contributed by atoms with E-state index in [0.717, 1.165) is 0 Å². The van der Waals surface area contributed by atoms with Crippen LogP contribution < -0.4 is 9.47 Å². The van der Waals surface area contributed by atoms with Crippen LogP contribution >= 0.6 is 0 Å². The molecule has 0 unspecified atom stereocenters. The first kappa shape index (κ1) is 15.8. The zero-order chi connectivity index (χ0) is 15.7. The van der Waals surface area contributed by atoms with Crippen LogP contribution in [0.15, 0.2) is 6.07 Å². The van der Waals surface area contributed by atoms with E-state index in [1.54, 1.807) is 0 Å². The molecule has 0 bridgehead atoms. The molecule has 6 nitrogen and oxygen atoms in total. The first-order chi connectivity index (χ1) is 8.95. The summed E-state index contributed by atoms with van der Waals surface area (Å²) in [6.07, 6.45) is -10.5. The van der Waals surface area contributed by atoms with E-state index in [-0.39, 0.29) is 6.07 Å². The molecule has 0 N–H and O–H groups in total. The van der Waals surface area contributed by atoms with E-state index in [2.05, 4.69) is 14.5 Å². The maximum atomic E-state index is 12.6. The number of nitrogens with zero attached hydrogens (tertiary/aromatic N) is 2. The normalized spacial score (nSPS) is 12.2. The molecule has 20 heavy (non-hydrogen) atoms. The van der Waals surface area contributed by atoms with Gasteiger partial charge in [-0.1, -0.05) is 0 Å². The molecular weight excluding hydrogens is 302 g/mol. The Bertz CT molecular complexity index is 527. The zero-order valence-electron chi connectivity index (χ0n) is 9.37. The summed E-state index contributed by atoms with van der Waals surface area (Å²) in [4.78, 5) is 11.8. The molecule has 112 valence electrons. The molecule has 0 amide bonds. The standard InChI is InChI=1S/C8H4F6N2O4/c1-19-6-5(7(9,10)11)3(16(17)18)2-4(15-6)20-8(12,13)14/h2H,1H3. The van der Waals surface area contributed by atoms with Crippen molar-refractivity contribution in [1.82, 2.24) is 4.98 Å². The minimum Gasteiger partial charge on any atom is -0.480 e. The van der Waals surface area contributed by atoms with Crippen molar-refractivity contribution in [3.05, 3.63) is 21.7 Å². The van der Waals surface area contributed by atoms with Gasteiger partial charge in [0.2, 0.25) is 11.8 Å². The van der Waals surface area contributed by atoms with Gasteiger partial charge in [-0.2, -0.15) is 18.2 Å². The molecule has 0 aliphatic heterocycles. The van der Waals surface area contributed by atoms with Crippen LogP contribution in [0, 0.1) is 10.1 Å². The lowest BCUT2D eigenvalue weighted by molar-refractivity contribution is -0.388. The molecule has 0 fully saturated rings. The van der Waals surface area contributed by atoms with Gasteiger partial charge in [-0.05, 0) is 0 Å². The average molecular weight is 306 g/mol. The van der Waals surface area contributed by atoms with Crippen molar-refractivity contribution in [3.63, 3.8) is 0 Å². The van der Waals surface area contributed by atoms with Crippen molar-refractivity contribution < 1.29 is 40.7 Å². The number of aromatic nitrogens is 1. The Balaban J connectivity index is 3.51. The van der Waals surface area contributed by atoms with Gasteiger partial charge in [0.15, 0.2) is 5.56 Å². The summed E-state index contributed by atoms with van der Waals surface area (Å²) in [6.45, 7) is 0. The third-order valence-corrected chi connectivity index (χ3v) is 1.84. The number of ether oxygens (including phenoxy) is 2. The lowest BCUT2D eigenvalue weighted by atomic mass is 10.2. The van der Waals surface area contributed by atoms with Gasteiger partial charge in [-0.25, -0.2) is 0 Å². The van der Waals surface area contributed by atoms with Gasteiger partial charge in [-0.15, -0.1) is 13.2 Å². The van der Waals surface area contributed by atoms with E-state index >= 15 is 0 Å². The van der Waals surface area contributed by atoms with Crippen LogP contribution in [0.2, 0.25) is 0 Å². The quantitative estimate of drug-likeness (QED) is 0.487. The molecule has 0 radical (unpaired) electrons. The Morgan fingerprint density at radius 1 is 1.25 bits per heavy atom. The van der Waals surface area contributed by atoms with E-state index in [1.165, 1.54) is 0 Å². The highest BCUT2D eigenvalue weighted by atomic mass is 19.4. The van der Waals surface area contributed by atoms with Crippen molar-refractivity contribution in [2.45, 2.75) is 12.5 Å². The van der Waals surface area contributed by atoms with E-state index in [0.29, 0.717) is 7.11 Å². The Hall–Kier alpha value is -2.27. The van der Waals surface area contributed by atoms with Gasteiger partial charge in [0.25, 0.3) is 5.69 Å². The predicted octanol–water partition coefficient (Wildman–Crippen LogP) is 2.92. The summed E-state index contributed by atoms with van der Waals surface area (Å²) in [6, 6.07) is -0.0845. The molecule has 1 aromatic rings. The van der Waals surface area contributed by atoms with Crippen molar-refractivity contribution in [3.8, 4) is 11.8 Å². The van der Waals surface area contributed by atoms with Gasteiger partial charge in [0, 0.05) is 0 Å². The molecule has 1 heterocycles. The number of hydrogen-bond acceptors (Lipinski definition) is 5. The molecule has 12 heteroatoms. The van der Waals surface area contributed by atoms with E-state index in [9.17, 15) is 36.5 Å². The van der Waals surface area contributed by atoms with Crippen molar-refractivity contribution in [1.29, 1.82) is 0 Å². The van der Waals surface area contributed by atoms with Crippen LogP contribution in [-0.4, -0.2) is 23.4 Å². The Kier molecular flexibility index (Phi) is 3.96. The van der Waals surface area contributed by atoms with Crippen LogP contribution in [0.25, 0.3) is 0 Å². The number of alkyl halides is 6. The van der Waals surface area contributed by atoms with E-state index in [1.807, 2.05) is 0 Å². The molecule has 0 aliphatic carbocycles. The monoisotopic (exact) mass is 306 g/mol. The molecular formula is C8H4F6N2O4. The molecule has 0 aromatic carbocycles. The van der Waals surface area contributed by atoms with Gasteiger partial charge in [-0.3, -0.25) is 10.1 Å². The first-order valence-corrected chi connectivity index (χ1v) is 4.52. The topological polar surface area (TPSA) is 74.5 Å². The fraction of sp³-hybridized carbons (Fsp3) is 0.375. The van der Waals surface area contributed by atoms with Gasteiger partial charge in [0.05, 0.1) is 18.1 Å². The molecule has 0 saturated heterocycles. The summed E-state index contributed by atoms with van der Waals surface area (Å²) in [5.74, 6) is -2.83. The van der Waals surface area contributed by atoms with Crippen LogP contribution in [0.4, 0.5) is 32.0 Å². The maximum absolute atomic E-state index is 12.6. The highest BCUT2D eigenvalue weighted by Gasteiger charge is 2.44. The molecule has 0 atom stereocenters. The molecule has 1 aromatic heterocycles. The fourth-order valence-electron chi connectivity index (χ4n) is 1.22. The van der Waals surface area contributed by atoms with Crippen molar-refractivity contribution in [2.24, 2.45) is 0 Å². The van der Waals surface area contributed by atoms with Crippen LogP contribution in [0.5, 0.6) is 11.8 Å². The van der Waals surface area contributed by atoms with Crippen LogP contribution in [0.1, 0.15) is 5.56 Å². The van der Waals surface area contributed by atoms with Gasteiger partial charge in [0.1, 0.15) is 0 Å². The number of rotatable bonds is 3. The Labute approximate surface area is 106 Å². The fourth-order valence-corrected chi connectivity index (χ4v) is 1.22. The van der Waals surface area contributed by atoms with Crippen LogP contribution in [-0.2, 0) is 6.18 Å². The highest BCUT2D eigenvalue weighted by Crippen LogP contribution is 2.43. The zero-order valence-corrected chi connectivity index (χ0v) is 9.37. The smallest absolute Gasteiger partial charge is 0.480 e. The lowest BCUT2D eigenvalue weighted by Crippen LogP contribution is -2.19. The lowest BCUT2D eigenvalue weighted by Gasteiger charge is -2.13. The summed E-state index contributed by atoms with van der Waals surface area (Å²) >= 11 is 0. The third-order valence-electron chi connectivity index (χ3n) is 1.84. The minimum absolute atomic E-state index is 0.0845. The third kappa shape index (κ3) is 3.61. The number of pyridine rings is 1. The average Bonchev–Trinajstić information content (AvgIpc) is 2.23. The van der Waals surface area contributed by atoms with Crippen molar-refractivity contribution >= 4 is 5.69 Å². The Morgan fingerprint density at radius 3 is 2.15 bits per heavy atom. The molecule has 1 rings (SSSR count). The number of hydrogen-bond donors (Lipinski definition) is 0. The SMILES string of the molecule is COc1nc(OC(F)(F)F)cc([N+](=O)[O-])c1C(F)(F)F. The first-order valence-electron chi connectivity index (χ1n) is 4.52. The molecule has 0 saturated carbocycles. The van der Waals surface area contributed by atoms with Crippen LogP contribution in [0.3, 0.4) is 0 Å². The van der Waals surface area contributed by atoms with E-state index in [4.69, 9.17) is 0 Å². The maximum Gasteiger partial charge on any atom is 0.574 e. The molecule has 0 spiro atoms. The highest BCUT2D eigenvalue weighted by molar-refractivity contribution is 5.50. The minimum atomic E-state index is -5.27. The second-order valence-corrected chi connectivity index (χ2v) is 3.17.